The van der Waals surface area contributed by atoms with Gasteiger partial charge in [-0.3, -0.25) is 9.59 Å². The van der Waals surface area contributed by atoms with Crippen LogP contribution >= 0.6 is 11.3 Å². The molecule has 0 aliphatic carbocycles. The molecule has 2 fully saturated rings. The molecule has 0 aromatic carbocycles. The molecule has 2 aliphatic heterocycles. The molecule has 0 N–H and O–H groups in total. The average Bonchev–Trinajstić information content (AvgIpc) is 3.28. The Morgan fingerprint density at radius 3 is 2.84 bits per heavy atom. The number of hydrogen-bond donors (Lipinski definition) is 0. The Balaban J connectivity index is 1.65. The van der Waals surface area contributed by atoms with Crippen LogP contribution in [0.2, 0.25) is 0 Å². The van der Waals surface area contributed by atoms with Crippen molar-refractivity contribution in [2.75, 3.05) is 36.0 Å². The van der Waals surface area contributed by atoms with Gasteiger partial charge in [-0.1, -0.05) is 6.07 Å². The lowest BCUT2D eigenvalue weighted by atomic mass is 9.92. The van der Waals surface area contributed by atoms with Crippen molar-refractivity contribution < 1.29 is 9.59 Å². The fourth-order valence-corrected chi connectivity index (χ4v) is 4.53. The Kier molecular flexibility index (Phi) is 3.95. The molecule has 2 amide bonds. The summed E-state index contributed by atoms with van der Waals surface area (Å²) in [5, 5.41) is 3.96. The lowest BCUT2D eigenvalue weighted by Crippen LogP contribution is -2.66. The van der Waals surface area contributed by atoms with Gasteiger partial charge in [0.15, 0.2) is 0 Å². The van der Waals surface area contributed by atoms with Crippen molar-refractivity contribution in [1.29, 1.82) is 0 Å². The summed E-state index contributed by atoms with van der Waals surface area (Å²) in [7, 11) is 0. The third-order valence-corrected chi connectivity index (χ3v) is 5.79. The first-order valence-electron chi connectivity index (χ1n) is 8.36. The fraction of sp³-hybridized carbons (Fsp3) is 0.389. The van der Waals surface area contributed by atoms with Gasteiger partial charge < -0.3 is 14.7 Å². The van der Waals surface area contributed by atoms with Crippen molar-refractivity contribution in [2.45, 2.75) is 18.9 Å². The maximum absolute atomic E-state index is 12.6. The van der Waals surface area contributed by atoms with E-state index in [2.05, 4.69) is 9.88 Å². The van der Waals surface area contributed by atoms with E-state index in [1.807, 2.05) is 39.9 Å². The zero-order chi connectivity index (χ0) is 17.4. The van der Waals surface area contributed by atoms with Gasteiger partial charge in [-0.25, -0.2) is 4.98 Å². The van der Waals surface area contributed by atoms with Crippen molar-refractivity contribution in [3.63, 3.8) is 0 Å². The third kappa shape index (κ3) is 2.78. The van der Waals surface area contributed by atoms with Gasteiger partial charge in [-0.05, 0) is 30.0 Å². The summed E-state index contributed by atoms with van der Waals surface area (Å²) in [6, 6.07) is 7.82. The summed E-state index contributed by atoms with van der Waals surface area (Å²) in [5.41, 5.74) is 0.563. The Morgan fingerprint density at radius 2 is 2.16 bits per heavy atom. The Labute approximate surface area is 150 Å². The summed E-state index contributed by atoms with van der Waals surface area (Å²) < 4.78 is 0. The van der Waals surface area contributed by atoms with Crippen LogP contribution in [0.4, 0.5) is 11.5 Å². The molecule has 0 bridgehead atoms. The van der Waals surface area contributed by atoms with Crippen molar-refractivity contribution in [3.8, 4) is 0 Å². The van der Waals surface area contributed by atoms with E-state index in [4.69, 9.17) is 0 Å². The number of anilines is 2. The molecule has 4 rings (SSSR count). The van der Waals surface area contributed by atoms with Crippen molar-refractivity contribution in [3.05, 3.63) is 41.2 Å². The molecule has 1 atom stereocenters. The molecule has 4 heterocycles. The molecule has 130 valence electrons. The van der Waals surface area contributed by atoms with Gasteiger partial charge in [0.25, 0.3) is 0 Å². The standard InChI is InChI=1S/C18H20N4O2S/c1-14(23)22-10-17(24)21(15-5-9-25-11-15)13-18(22)6-8-20(12-18)16-4-2-3-7-19-16/h2-5,7,9,11H,6,8,10,12-13H2,1H3/t18-/m1/s1. The minimum Gasteiger partial charge on any atom is -0.354 e. The van der Waals surface area contributed by atoms with Crippen molar-refractivity contribution in [2.24, 2.45) is 0 Å². The number of carbonyl (C=O) groups is 2. The smallest absolute Gasteiger partial charge is 0.246 e. The SMILES string of the molecule is CC(=O)N1CC(=O)N(c2ccsc2)C[C@]12CCN(c1ccccn1)C2. The maximum Gasteiger partial charge on any atom is 0.246 e. The number of amides is 2. The normalized spacial score (nSPS) is 23.6. The number of aromatic nitrogens is 1. The maximum atomic E-state index is 12.6. The molecule has 25 heavy (non-hydrogen) atoms. The first-order valence-corrected chi connectivity index (χ1v) is 9.30. The van der Waals surface area contributed by atoms with Crippen LogP contribution in [-0.2, 0) is 9.59 Å². The van der Waals surface area contributed by atoms with Crippen LogP contribution < -0.4 is 9.80 Å². The van der Waals surface area contributed by atoms with Crippen LogP contribution in [0.3, 0.4) is 0 Å². The van der Waals surface area contributed by atoms with Crippen molar-refractivity contribution >= 4 is 34.7 Å². The second-order valence-electron chi connectivity index (χ2n) is 6.65. The van der Waals surface area contributed by atoms with E-state index in [0.29, 0.717) is 13.1 Å². The highest BCUT2D eigenvalue weighted by molar-refractivity contribution is 7.08. The Morgan fingerprint density at radius 1 is 1.28 bits per heavy atom. The van der Waals surface area contributed by atoms with Crippen LogP contribution in [0.15, 0.2) is 41.2 Å². The monoisotopic (exact) mass is 356 g/mol. The van der Waals surface area contributed by atoms with Crippen LogP contribution in [0.25, 0.3) is 0 Å². The second kappa shape index (κ2) is 6.15. The first-order chi connectivity index (χ1) is 12.1. The van der Waals surface area contributed by atoms with E-state index in [0.717, 1.165) is 24.5 Å². The molecule has 0 radical (unpaired) electrons. The van der Waals surface area contributed by atoms with Gasteiger partial charge >= 0.3 is 0 Å². The van der Waals surface area contributed by atoms with Gasteiger partial charge in [0.2, 0.25) is 11.8 Å². The molecule has 7 heteroatoms. The number of hydrogen-bond acceptors (Lipinski definition) is 5. The van der Waals surface area contributed by atoms with E-state index in [9.17, 15) is 9.59 Å². The molecule has 6 nitrogen and oxygen atoms in total. The molecular formula is C18H20N4O2S. The highest BCUT2D eigenvalue weighted by atomic mass is 32.1. The van der Waals surface area contributed by atoms with Crippen molar-refractivity contribution in [1.82, 2.24) is 9.88 Å². The number of thiophene rings is 1. The number of piperazine rings is 1. The number of nitrogens with zero attached hydrogens (tertiary/aromatic N) is 4. The highest BCUT2D eigenvalue weighted by Gasteiger charge is 2.50. The number of pyridine rings is 1. The van der Waals surface area contributed by atoms with Gasteiger partial charge in [0.1, 0.15) is 12.4 Å². The molecule has 2 aliphatic rings. The van der Waals surface area contributed by atoms with E-state index in [1.54, 1.807) is 29.4 Å². The molecular weight excluding hydrogens is 336 g/mol. The zero-order valence-electron chi connectivity index (χ0n) is 14.1. The first kappa shape index (κ1) is 16.1. The molecule has 1 spiro atoms. The largest absolute Gasteiger partial charge is 0.354 e. The summed E-state index contributed by atoms with van der Waals surface area (Å²) in [5.74, 6) is 0.860. The Bertz CT molecular complexity index is 780. The quantitative estimate of drug-likeness (QED) is 0.826. The fourth-order valence-electron chi connectivity index (χ4n) is 3.89. The number of carbonyl (C=O) groups excluding carboxylic acids is 2. The summed E-state index contributed by atoms with van der Waals surface area (Å²) in [4.78, 5) is 35.1. The molecule has 2 aromatic rings. The average molecular weight is 356 g/mol. The topological polar surface area (TPSA) is 56.8 Å². The van der Waals surface area contributed by atoms with Gasteiger partial charge in [0.05, 0.1) is 17.8 Å². The van der Waals surface area contributed by atoms with Crippen LogP contribution in [0.1, 0.15) is 13.3 Å². The molecule has 2 saturated heterocycles. The van der Waals surface area contributed by atoms with Crippen LogP contribution in [0, 0.1) is 0 Å². The Hall–Kier alpha value is -2.41. The lowest BCUT2D eigenvalue weighted by Gasteiger charge is -2.47. The van der Waals surface area contributed by atoms with E-state index in [1.165, 1.54) is 0 Å². The zero-order valence-corrected chi connectivity index (χ0v) is 14.9. The van der Waals surface area contributed by atoms with Gasteiger partial charge in [-0.2, -0.15) is 11.3 Å². The summed E-state index contributed by atoms with van der Waals surface area (Å²) in [6.45, 7) is 3.75. The molecule has 2 aromatic heterocycles. The van der Waals surface area contributed by atoms with Crippen LogP contribution in [0.5, 0.6) is 0 Å². The van der Waals surface area contributed by atoms with E-state index >= 15 is 0 Å². The predicted octanol–water partition coefficient (Wildman–Crippen LogP) is 1.99. The van der Waals surface area contributed by atoms with Gasteiger partial charge in [-0.15, -0.1) is 0 Å². The third-order valence-electron chi connectivity index (χ3n) is 5.12. The summed E-state index contributed by atoms with van der Waals surface area (Å²) in [6.07, 6.45) is 2.61. The lowest BCUT2D eigenvalue weighted by molar-refractivity contribution is -0.142. The molecule has 0 unspecified atom stereocenters. The van der Waals surface area contributed by atoms with Gasteiger partial charge in [0, 0.05) is 31.6 Å². The highest BCUT2D eigenvalue weighted by Crippen LogP contribution is 2.36. The van der Waals surface area contributed by atoms with E-state index < -0.39 is 0 Å². The second-order valence-corrected chi connectivity index (χ2v) is 7.43. The molecule has 0 saturated carbocycles. The number of rotatable bonds is 2. The van der Waals surface area contributed by atoms with E-state index in [-0.39, 0.29) is 23.9 Å². The van der Waals surface area contributed by atoms with Crippen LogP contribution in [-0.4, -0.2) is 53.4 Å². The minimum absolute atomic E-state index is 0.0180. The minimum atomic E-state index is -0.362. The summed E-state index contributed by atoms with van der Waals surface area (Å²) >= 11 is 1.58. The predicted molar refractivity (Wildman–Crippen MR) is 97.9 cm³/mol.